The van der Waals surface area contributed by atoms with Crippen molar-refractivity contribution in [3.63, 3.8) is 0 Å². The summed E-state index contributed by atoms with van der Waals surface area (Å²) in [4.78, 5) is 31.6. The molecule has 0 aliphatic carbocycles. The van der Waals surface area contributed by atoms with Crippen LogP contribution in [-0.4, -0.2) is 63.3 Å². The van der Waals surface area contributed by atoms with Crippen LogP contribution in [0.1, 0.15) is 20.8 Å². The lowest BCUT2D eigenvalue weighted by Crippen LogP contribution is -2.48. The Morgan fingerprint density at radius 1 is 1.13 bits per heavy atom. The van der Waals surface area contributed by atoms with Crippen molar-refractivity contribution in [3.8, 4) is 11.3 Å². The first-order valence-corrected chi connectivity index (χ1v) is 13.1. The molecule has 198 valence electrons. The summed E-state index contributed by atoms with van der Waals surface area (Å²) in [6.45, 7) is 6.89. The van der Waals surface area contributed by atoms with Gasteiger partial charge in [0.1, 0.15) is 21.9 Å². The fourth-order valence-electron chi connectivity index (χ4n) is 4.41. The van der Waals surface area contributed by atoms with E-state index in [2.05, 4.69) is 14.7 Å². The highest BCUT2D eigenvalue weighted by Crippen LogP contribution is 2.42. The first-order chi connectivity index (χ1) is 18.0. The van der Waals surface area contributed by atoms with Gasteiger partial charge in [0.2, 0.25) is 0 Å². The van der Waals surface area contributed by atoms with Crippen LogP contribution < -0.4 is 10.2 Å². The molecule has 0 bridgehead atoms. The Kier molecular flexibility index (Phi) is 6.74. The molecular formula is C26H25ClFN5O4S. The zero-order chi connectivity index (χ0) is 27.2. The lowest BCUT2D eigenvalue weighted by molar-refractivity contribution is 0.0635. The predicted molar refractivity (Wildman–Crippen MR) is 147 cm³/mol. The number of piperazine rings is 1. The Hall–Kier alpha value is -3.70. The largest absolute Gasteiger partial charge is 0.465 e. The molecule has 12 heteroatoms. The number of aromatic nitrogens is 2. The second-order valence-corrected chi connectivity index (χ2v) is 11.1. The zero-order valence-corrected chi connectivity index (χ0v) is 22.5. The van der Waals surface area contributed by atoms with Crippen LogP contribution in [0.25, 0.3) is 32.9 Å². The fourth-order valence-corrected chi connectivity index (χ4v) is 5.60. The summed E-state index contributed by atoms with van der Waals surface area (Å²) in [5, 5.41) is 14.7. The smallest absolute Gasteiger partial charge is 0.413 e. The van der Waals surface area contributed by atoms with Gasteiger partial charge in [-0.25, -0.2) is 19.0 Å². The number of ether oxygens (including phenoxy) is 1. The van der Waals surface area contributed by atoms with Crippen molar-refractivity contribution >= 4 is 67.8 Å². The van der Waals surface area contributed by atoms with Crippen LogP contribution in [0.15, 0.2) is 36.4 Å². The molecular weight excluding hydrogens is 533 g/mol. The number of nitrogens with zero attached hydrogens (tertiary/aromatic N) is 4. The minimum absolute atomic E-state index is 0.0794. The molecule has 2 amide bonds. The molecule has 4 aromatic rings. The van der Waals surface area contributed by atoms with Crippen LogP contribution in [0.2, 0.25) is 5.02 Å². The van der Waals surface area contributed by atoms with Gasteiger partial charge in [0, 0.05) is 37.0 Å². The van der Waals surface area contributed by atoms with Crippen LogP contribution in [0.5, 0.6) is 0 Å². The average Bonchev–Trinajstić information content (AvgIpc) is 3.26. The van der Waals surface area contributed by atoms with Gasteiger partial charge >= 0.3 is 12.2 Å². The van der Waals surface area contributed by atoms with E-state index in [0.717, 1.165) is 21.9 Å². The number of carboxylic acid groups (broad SMARTS) is 1. The zero-order valence-electron chi connectivity index (χ0n) is 20.9. The molecule has 1 saturated heterocycles. The van der Waals surface area contributed by atoms with Gasteiger partial charge in [0.15, 0.2) is 5.82 Å². The molecule has 0 radical (unpaired) electrons. The Labute approximate surface area is 226 Å². The van der Waals surface area contributed by atoms with E-state index >= 15 is 4.39 Å². The summed E-state index contributed by atoms with van der Waals surface area (Å²) < 4.78 is 25.8. The van der Waals surface area contributed by atoms with Crippen molar-refractivity contribution in [2.75, 3.05) is 36.4 Å². The predicted octanol–water partition coefficient (Wildman–Crippen LogP) is 6.45. The van der Waals surface area contributed by atoms with Crippen LogP contribution >= 0.6 is 23.1 Å². The van der Waals surface area contributed by atoms with Gasteiger partial charge in [0.05, 0.1) is 16.3 Å². The van der Waals surface area contributed by atoms with Gasteiger partial charge in [-0.15, -0.1) is 0 Å². The van der Waals surface area contributed by atoms with Crippen molar-refractivity contribution in [2.45, 2.75) is 26.4 Å². The molecule has 0 spiro atoms. The summed E-state index contributed by atoms with van der Waals surface area (Å²) >= 11 is 7.85. The molecule has 3 heterocycles. The number of fused-ring (bicyclic) bond motifs is 2. The highest BCUT2D eigenvalue weighted by atomic mass is 35.5. The molecule has 1 aliphatic rings. The number of anilines is 2. The summed E-state index contributed by atoms with van der Waals surface area (Å²) in [6.07, 6.45) is -1.64. The minimum Gasteiger partial charge on any atom is -0.465 e. The Morgan fingerprint density at radius 2 is 1.84 bits per heavy atom. The Balaban J connectivity index is 1.57. The maximum absolute atomic E-state index is 16.1. The van der Waals surface area contributed by atoms with Gasteiger partial charge in [-0.3, -0.25) is 5.32 Å². The fraction of sp³-hybridized carbons (Fsp3) is 0.308. The number of nitrogens with one attached hydrogen (secondary N) is 1. The number of carbonyl (C=O) groups is 2. The third kappa shape index (κ3) is 5.03. The molecule has 1 aliphatic heterocycles. The second kappa shape index (κ2) is 9.88. The van der Waals surface area contributed by atoms with Gasteiger partial charge in [-0.2, -0.15) is 4.37 Å². The highest BCUT2D eigenvalue weighted by Gasteiger charge is 2.27. The van der Waals surface area contributed by atoms with Crippen molar-refractivity contribution in [3.05, 3.63) is 47.2 Å². The Bertz CT molecular complexity index is 1560. The van der Waals surface area contributed by atoms with Crippen LogP contribution in [-0.2, 0) is 4.74 Å². The van der Waals surface area contributed by atoms with Crippen LogP contribution in [0.3, 0.4) is 0 Å². The molecule has 38 heavy (non-hydrogen) atoms. The summed E-state index contributed by atoms with van der Waals surface area (Å²) in [5.41, 5.74) is -0.201. The quantitative estimate of drug-likeness (QED) is 0.298. The molecule has 5 rings (SSSR count). The maximum atomic E-state index is 16.1. The molecule has 0 atom stereocenters. The Morgan fingerprint density at radius 3 is 2.53 bits per heavy atom. The van der Waals surface area contributed by atoms with E-state index in [-0.39, 0.29) is 27.6 Å². The van der Waals surface area contributed by atoms with E-state index in [0.29, 0.717) is 37.0 Å². The van der Waals surface area contributed by atoms with E-state index in [1.807, 2.05) is 29.2 Å². The summed E-state index contributed by atoms with van der Waals surface area (Å²) in [7, 11) is 0. The maximum Gasteiger partial charge on any atom is 0.413 e. The molecule has 2 N–H and O–H groups in total. The van der Waals surface area contributed by atoms with E-state index in [9.17, 15) is 14.7 Å². The number of rotatable bonds is 3. The van der Waals surface area contributed by atoms with E-state index in [1.165, 1.54) is 4.90 Å². The van der Waals surface area contributed by atoms with Gasteiger partial charge in [-0.1, -0.05) is 35.9 Å². The van der Waals surface area contributed by atoms with E-state index < -0.39 is 23.6 Å². The normalized spacial score (nSPS) is 14.2. The van der Waals surface area contributed by atoms with Crippen LogP contribution in [0, 0.1) is 5.82 Å². The molecule has 0 unspecified atom stereocenters. The van der Waals surface area contributed by atoms with Crippen molar-refractivity contribution in [1.82, 2.24) is 14.3 Å². The van der Waals surface area contributed by atoms with Crippen molar-refractivity contribution in [2.24, 2.45) is 0 Å². The third-order valence-corrected chi connectivity index (χ3v) is 7.31. The van der Waals surface area contributed by atoms with E-state index in [1.54, 1.807) is 32.9 Å². The first-order valence-electron chi connectivity index (χ1n) is 11.9. The molecule has 2 aromatic heterocycles. The number of amides is 2. The average molecular weight is 558 g/mol. The topological polar surface area (TPSA) is 108 Å². The van der Waals surface area contributed by atoms with E-state index in [4.69, 9.17) is 16.3 Å². The highest BCUT2D eigenvalue weighted by molar-refractivity contribution is 7.11. The SMILES string of the molecule is CC(C)(C)OC(=O)Nc1cc2ccccc2c(-c2c(Cl)cc3c(N4CCN(C(=O)O)CC4)snc3c2F)n1. The second-order valence-electron chi connectivity index (χ2n) is 9.89. The minimum atomic E-state index is -0.958. The molecule has 1 fully saturated rings. The molecule has 2 aromatic carbocycles. The van der Waals surface area contributed by atoms with Gasteiger partial charge < -0.3 is 19.6 Å². The van der Waals surface area contributed by atoms with Gasteiger partial charge in [-0.05, 0) is 49.8 Å². The number of benzene rings is 2. The number of hydrogen-bond donors (Lipinski definition) is 2. The van der Waals surface area contributed by atoms with Crippen LogP contribution in [0.4, 0.5) is 24.8 Å². The number of pyridine rings is 1. The number of carbonyl (C=O) groups excluding carboxylic acids is 1. The lowest BCUT2D eigenvalue weighted by atomic mass is 10.0. The standard InChI is InChI=1S/C26H25ClFN5O4S/c1-26(2,3)37-24(34)30-18-12-14-6-4-5-7-15(14)21(29-18)19-17(27)13-16-22(20(19)28)31-38-23(16)32-8-10-33(11-9-32)25(35)36/h4-7,12-13H,8-11H2,1-3H3,(H,35,36)(H,29,30,34). The lowest BCUT2D eigenvalue weighted by Gasteiger charge is -2.33. The molecule has 0 saturated carbocycles. The summed E-state index contributed by atoms with van der Waals surface area (Å²) in [6, 6.07) is 10.6. The third-order valence-electron chi connectivity index (χ3n) is 6.09. The summed E-state index contributed by atoms with van der Waals surface area (Å²) in [5.74, 6) is -0.426. The monoisotopic (exact) mass is 557 g/mol. The number of halogens is 2. The van der Waals surface area contributed by atoms with Crippen molar-refractivity contribution < 1.29 is 23.8 Å². The van der Waals surface area contributed by atoms with Gasteiger partial charge in [0.25, 0.3) is 0 Å². The van der Waals surface area contributed by atoms with Crippen molar-refractivity contribution in [1.29, 1.82) is 0 Å². The molecule has 9 nitrogen and oxygen atoms in total. The number of hydrogen-bond acceptors (Lipinski definition) is 7. The first kappa shape index (κ1) is 25.9.